The maximum absolute atomic E-state index is 12.3. The lowest BCUT2D eigenvalue weighted by molar-refractivity contribution is -0.137. The predicted molar refractivity (Wildman–Crippen MR) is 81.0 cm³/mol. The second kappa shape index (κ2) is 7.25. The minimum Gasteiger partial charge on any atom is -0.481 e. The van der Waals surface area contributed by atoms with E-state index in [9.17, 15) is 9.59 Å². The van der Waals surface area contributed by atoms with Gasteiger partial charge >= 0.3 is 5.97 Å². The molecular formula is C17H23NO3. The lowest BCUT2D eigenvalue weighted by Gasteiger charge is -2.33. The highest BCUT2D eigenvalue weighted by Gasteiger charge is 2.25. The summed E-state index contributed by atoms with van der Waals surface area (Å²) < 4.78 is 0. The highest BCUT2D eigenvalue weighted by molar-refractivity contribution is 5.76. The monoisotopic (exact) mass is 289 g/mol. The summed E-state index contributed by atoms with van der Waals surface area (Å²) in [7, 11) is 1.87. The Bertz CT molecular complexity index is 513. The van der Waals surface area contributed by atoms with Gasteiger partial charge in [-0.15, -0.1) is 0 Å². The van der Waals surface area contributed by atoms with Gasteiger partial charge in [-0.1, -0.05) is 24.3 Å². The van der Waals surface area contributed by atoms with Crippen molar-refractivity contribution in [2.75, 3.05) is 7.05 Å². The van der Waals surface area contributed by atoms with Gasteiger partial charge in [0.2, 0.25) is 5.91 Å². The largest absolute Gasteiger partial charge is 0.481 e. The summed E-state index contributed by atoms with van der Waals surface area (Å²) in [6.45, 7) is 0. The number of carboxylic acids is 1. The van der Waals surface area contributed by atoms with E-state index in [4.69, 9.17) is 5.11 Å². The van der Waals surface area contributed by atoms with Gasteiger partial charge in [0.05, 0.1) is 6.04 Å². The molecule has 0 aromatic heterocycles. The van der Waals surface area contributed by atoms with Crippen molar-refractivity contribution < 1.29 is 14.7 Å². The van der Waals surface area contributed by atoms with Crippen LogP contribution in [0.25, 0.3) is 0 Å². The molecule has 0 saturated carbocycles. The molecule has 1 amide bonds. The number of carboxylic acid groups (broad SMARTS) is 1. The molecule has 4 heteroatoms. The van der Waals surface area contributed by atoms with Crippen molar-refractivity contribution in [3.05, 3.63) is 35.4 Å². The molecule has 0 fully saturated rings. The van der Waals surface area contributed by atoms with Crippen LogP contribution in [0.15, 0.2) is 24.3 Å². The molecule has 1 aliphatic carbocycles. The van der Waals surface area contributed by atoms with Crippen molar-refractivity contribution in [1.82, 2.24) is 4.90 Å². The summed E-state index contributed by atoms with van der Waals surface area (Å²) in [6.07, 6.45) is 4.99. The third-order valence-corrected chi connectivity index (χ3v) is 4.23. The molecule has 2 rings (SSSR count). The summed E-state index contributed by atoms with van der Waals surface area (Å²) >= 11 is 0. The van der Waals surface area contributed by atoms with E-state index in [0.717, 1.165) is 19.3 Å². The molecule has 0 radical (unpaired) electrons. The number of aryl methyl sites for hydroxylation is 1. The molecule has 1 N–H and O–H groups in total. The Morgan fingerprint density at radius 3 is 2.71 bits per heavy atom. The first-order valence-corrected chi connectivity index (χ1v) is 7.65. The van der Waals surface area contributed by atoms with Gasteiger partial charge in [-0.25, -0.2) is 0 Å². The van der Waals surface area contributed by atoms with Crippen molar-refractivity contribution in [1.29, 1.82) is 0 Å². The molecule has 0 spiro atoms. The summed E-state index contributed by atoms with van der Waals surface area (Å²) in [6, 6.07) is 8.51. The van der Waals surface area contributed by atoms with Gasteiger partial charge in [-0.2, -0.15) is 0 Å². The van der Waals surface area contributed by atoms with Gasteiger partial charge < -0.3 is 10.0 Å². The molecule has 0 heterocycles. The molecule has 1 aromatic rings. The number of rotatable bonds is 6. The highest BCUT2D eigenvalue weighted by Crippen LogP contribution is 2.33. The van der Waals surface area contributed by atoms with E-state index < -0.39 is 5.97 Å². The van der Waals surface area contributed by atoms with E-state index in [0.29, 0.717) is 19.3 Å². The number of amides is 1. The number of nitrogens with zero attached hydrogens (tertiary/aromatic N) is 1. The fourth-order valence-corrected chi connectivity index (χ4v) is 3.03. The van der Waals surface area contributed by atoms with Gasteiger partial charge in [0.15, 0.2) is 0 Å². The van der Waals surface area contributed by atoms with E-state index in [1.165, 1.54) is 11.1 Å². The molecule has 1 unspecified atom stereocenters. The zero-order valence-electron chi connectivity index (χ0n) is 12.5. The van der Waals surface area contributed by atoms with Crippen LogP contribution in [0, 0.1) is 0 Å². The summed E-state index contributed by atoms with van der Waals surface area (Å²) in [5.41, 5.74) is 2.62. The molecule has 1 atom stereocenters. The van der Waals surface area contributed by atoms with Crippen LogP contribution < -0.4 is 0 Å². The number of fused-ring (bicyclic) bond motifs is 1. The zero-order chi connectivity index (χ0) is 15.2. The maximum Gasteiger partial charge on any atom is 0.303 e. The summed E-state index contributed by atoms with van der Waals surface area (Å²) in [5.74, 6) is -0.681. The lowest BCUT2D eigenvalue weighted by atomic mass is 9.87. The summed E-state index contributed by atoms with van der Waals surface area (Å²) in [5, 5.41) is 8.61. The third-order valence-electron chi connectivity index (χ3n) is 4.23. The van der Waals surface area contributed by atoms with E-state index in [1.54, 1.807) is 0 Å². The average molecular weight is 289 g/mol. The Hall–Kier alpha value is -1.84. The number of hydrogen-bond acceptors (Lipinski definition) is 2. The zero-order valence-corrected chi connectivity index (χ0v) is 12.5. The topological polar surface area (TPSA) is 57.6 Å². The second-order valence-electron chi connectivity index (χ2n) is 5.71. The van der Waals surface area contributed by atoms with E-state index in [2.05, 4.69) is 18.2 Å². The fraction of sp³-hybridized carbons (Fsp3) is 0.529. The van der Waals surface area contributed by atoms with Gasteiger partial charge in [-0.05, 0) is 43.2 Å². The van der Waals surface area contributed by atoms with Crippen LogP contribution in [0.3, 0.4) is 0 Å². The second-order valence-corrected chi connectivity index (χ2v) is 5.71. The molecule has 0 bridgehead atoms. The number of hydrogen-bond donors (Lipinski definition) is 1. The first kappa shape index (κ1) is 15.5. The highest BCUT2D eigenvalue weighted by atomic mass is 16.4. The van der Waals surface area contributed by atoms with Crippen molar-refractivity contribution in [3.8, 4) is 0 Å². The van der Waals surface area contributed by atoms with Crippen LogP contribution in [0.4, 0.5) is 0 Å². The van der Waals surface area contributed by atoms with Crippen molar-refractivity contribution in [2.24, 2.45) is 0 Å². The van der Waals surface area contributed by atoms with Crippen LogP contribution in [0.1, 0.15) is 55.7 Å². The minimum absolute atomic E-state index is 0.113. The Balaban J connectivity index is 1.92. The number of unbranched alkanes of at least 4 members (excludes halogenated alkanes) is 1. The van der Waals surface area contributed by atoms with Crippen LogP contribution >= 0.6 is 0 Å². The first-order valence-electron chi connectivity index (χ1n) is 7.65. The van der Waals surface area contributed by atoms with Crippen LogP contribution in [-0.4, -0.2) is 28.9 Å². The lowest BCUT2D eigenvalue weighted by Crippen LogP contribution is -2.33. The smallest absolute Gasteiger partial charge is 0.303 e. The van der Waals surface area contributed by atoms with Gasteiger partial charge in [0.1, 0.15) is 0 Å². The van der Waals surface area contributed by atoms with Gasteiger partial charge in [-0.3, -0.25) is 9.59 Å². The Labute approximate surface area is 125 Å². The first-order chi connectivity index (χ1) is 10.1. The molecule has 114 valence electrons. The van der Waals surface area contributed by atoms with Crippen LogP contribution in [0.5, 0.6) is 0 Å². The Morgan fingerprint density at radius 1 is 1.24 bits per heavy atom. The molecule has 0 saturated heterocycles. The molecule has 4 nitrogen and oxygen atoms in total. The summed E-state index contributed by atoms with van der Waals surface area (Å²) in [4.78, 5) is 24.6. The molecule has 21 heavy (non-hydrogen) atoms. The van der Waals surface area contributed by atoms with Crippen molar-refractivity contribution in [2.45, 2.75) is 51.0 Å². The standard InChI is InChI=1S/C17H23NO3/c1-18(16(19)11-4-5-12-17(20)21)15-10-6-8-13-7-2-3-9-14(13)15/h2-3,7,9,15H,4-6,8,10-12H2,1H3,(H,20,21). The van der Waals surface area contributed by atoms with Crippen LogP contribution in [-0.2, 0) is 16.0 Å². The molecular weight excluding hydrogens is 266 g/mol. The number of carbonyl (C=O) groups excluding carboxylic acids is 1. The average Bonchev–Trinajstić information content (AvgIpc) is 2.50. The fourth-order valence-electron chi connectivity index (χ4n) is 3.03. The van der Waals surface area contributed by atoms with Gasteiger partial charge in [0, 0.05) is 19.9 Å². The SMILES string of the molecule is CN(C(=O)CCCCC(=O)O)C1CCCc2ccccc21. The van der Waals surface area contributed by atoms with Crippen molar-refractivity contribution >= 4 is 11.9 Å². The maximum atomic E-state index is 12.3. The van der Waals surface area contributed by atoms with Crippen molar-refractivity contribution in [3.63, 3.8) is 0 Å². The third kappa shape index (κ3) is 4.06. The number of aliphatic carboxylic acids is 1. The predicted octanol–water partition coefficient (Wildman–Crippen LogP) is 3.17. The van der Waals surface area contributed by atoms with E-state index in [1.807, 2.05) is 18.0 Å². The quantitative estimate of drug-likeness (QED) is 0.818. The van der Waals surface area contributed by atoms with E-state index in [-0.39, 0.29) is 18.4 Å². The Morgan fingerprint density at radius 2 is 1.95 bits per heavy atom. The molecule has 1 aromatic carbocycles. The number of carbonyl (C=O) groups is 2. The number of benzene rings is 1. The molecule has 1 aliphatic rings. The van der Waals surface area contributed by atoms with Crippen LogP contribution in [0.2, 0.25) is 0 Å². The normalized spacial score (nSPS) is 17.1. The minimum atomic E-state index is -0.794. The molecule has 0 aliphatic heterocycles. The van der Waals surface area contributed by atoms with E-state index >= 15 is 0 Å². The Kier molecular flexibility index (Phi) is 5.37. The van der Waals surface area contributed by atoms with Gasteiger partial charge in [0.25, 0.3) is 0 Å².